The Hall–Kier alpha value is -0.480. The molecule has 5 aliphatic carbocycles. The van der Waals surface area contributed by atoms with Crippen LogP contribution in [-0.2, 0) is 0 Å². The summed E-state index contributed by atoms with van der Waals surface area (Å²) in [4.78, 5) is 3.06. The van der Waals surface area contributed by atoms with Crippen LogP contribution in [-0.4, -0.2) is 40.6 Å². The highest BCUT2D eigenvalue weighted by Gasteiger charge is 2.42. The van der Waals surface area contributed by atoms with Crippen molar-refractivity contribution in [3.8, 4) is 0 Å². The molecule has 1 nitrogen and oxygen atoms in total. The molecule has 0 heterocycles. The molecule has 0 aliphatic heterocycles. The molecular weight excluding hydrogens is 604 g/mol. The van der Waals surface area contributed by atoms with Gasteiger partial charge in [0.25, 0.3) is 0 Å². The number of hydrogen-bond acceptors (Lipinski definition) is 1. The van der Waals surface area contributed by atoms with E-state index >= 15 is 0 Å². The number of allylic oxidation sites excluding steroid dienone is 2. The fraction of sp³-hybridized carbons (Fsp3) is 0.773. The third-order valence-electron chi connectivity index (χ3n) is 13.0. The Kier molecular flexibility index (Phi) is 14.8. The summed E-state index contributed by atoms with van der Waals surface area (Å²) in [6, 6.07) is 10.8. The lowest BCUT2D eigenvalue weighted by atomic mass is 9.91. The minimum absolute atomic E-state index is 0.0828. The lowest BCUT2D eigenvalue weighted by Gasteiger charge is -2.46. The lowest BCUT2D eigenvalue weighted by Crippen LogP contribution is -2.39. The molecule has 47 heavy (non-hydrogen) atoms. The molecule has 1 aromatic carbocycles. The van der Waals surface area contributed by atoms with Gasteiger partial charge in [-0.25, -0.2) is 0 Å². The van der Waals surface area contributed by atoms with Gasteiger partial charge in [-0.05, 0) is 116 Å². The fourth-order valence-electron chi connectivity index (χ4n) is 10.6. The molecule has 5 aliphatic rings. The molecular formula is C44H71NP2. The van der Waals surface area contributed by atoms with Crippen molar-refractivity contribution in [3.63, 3.8) is 0 Å². The van der Waals surface area contributed by atoms with E-state index in [0.29, 0.717) is 12.0 Å². The summed E-state index contributed by atoms with van der Waals surface area (Å²) in [6.45, 7) is 7.36. The topological polar surface area (TPSA) is 3.24 Å². The van der Waals surface area contributed by atoms with Gasteiger partial charge in [-0.2, -0.15) is 0 Å². The molecule has 0 aromatic heterocycles. The first-order chi connectivity index (χ1) is 23.3. The maximum Gasteiger partial charge on any atom is 0.0458 e. The first kappa shape index (κ1) is 36.3. The number of nitrogens with zero attached hydrogens (tertiary/aromatic N) is 1. The second-order valence-electron chi connectivity index (χ2n) is 16.2. The maximum atomic E-state index is 3.06. The first-order valence-corrected chi connectivity index (χ1v) is 24.0. The van der Waals surface area contributed by atoms with Crippen molar-refractivity contribution in [2.75, 3.05) is 13.1 Å². The summed E-state index contributed by atoms with van der Waals surface area (Å²) in [7, 11) is -0.212. The highest BCUT2D eigenvalue weighted by Crippen LogP contribution is 2.66. The molecule has 1 aromatic rings. The van der Waals surface area contributed by atoms with Crippen molar-refractivity contribution < 1.29 is 0 Å². The number of hydrogen-bond donors (Lipinski definition) is 0. The van der Waals surface area contributed by atoms with Gasteiger partial charge in [0.05, 0.1) is 0 Å². The normalized spacial score (nSPS) is 24.9. The Morgan fingerprint density at radius 2 is 1.04 bits per heavy atom. The Morgan fingerprint density at radius 3 is 1.51 bits per heavy atom. The van der Waals surface area contributed by atoms with E-state index in [1.54, 1.807) is 5.56 Å². The monoisotopic (exact) mass is 676 g/mol. The molecule has 1 unspecified atom stereocenters. The van der Waals surface area contributed by atoms with Crippen LogP contribution in [0.25, 0.3) is 0 Å². The second-order valence-corrected chi connectivity index (χ2v) is 21.8. The third kappa shape index (κ3) is 9.25. The average molecular weight is 676 g/mol. The van der Waals surface area contributed by atoms with E-state index < -0.39 is 0 Å². The average Bonchev–Trinajstić information content (AvgIpc) is 3.60. The van der Waals surface area contributed by atoms with Gasteiger partial charge in [0.2, 0.25) is 0 Å². The molecule has 3 heteroatoms. The van der Waals surface area contributed by atoms with Crippen LogP contribution in [0.5, 0.6) is 0 Å². The highest BCUT2D eigenvalue weighted by atomic mass is 31.1. The number of benzene rings is 1. The quantitative estimate of drug-likeness (QED) is 0.167. The van der Waals surface area contributed by atoms with Crippen LogP contribution in [0.15, 0.2) is 47.8 Å². The van der Waals surface area contributed by atoms with Gasteiger partial charge in [-0.3, -0.25) is 4.90 Å². The summed E-state index contributed by atoms with van der Waals surface area (Å²) in [5.74, 6) is 0.578. The molecule has 4 fully saturated rings. The summed E-state index contributed by atoms with van der Waals surface area (Å²) in [5.41, 5.74) is 5.66. The smallest absolute Gasteiger partial charge is 0.0458 e. The van der Waals surface area contributed by atoms with E-state index in [0.717, 1.165) is 22.6 Å². The van der Waals surface area contributed by atoms with Crippen LogP contribution in [0.1, 0.15) is 180 Å². The zero-order valence-corrected chi connectivity index (χ0v) is 32.5. The standard InChI is InChI=1S/C44H71NP2/c1-3-5-34-45(35-6-4-2)44(41-31-21-33-43(41)47(38-26-15-9-16-27-38)39-28-17-10-18-29-39)40-30-19-20-32-42(40)46(36-22-11-7-12-23-36)37-24-13-8-14-25-37/h19-21,30-33,36-39,41,44H,3-18,22-29,34-35H2,1-2H3/t41?,44-/m1/s1. The zero-order chi connectivity index (χ0) is 32.3. The summed E-state index contributed by atoms with van der Waals surface area (Å²) in [6.07, 6.45) is 43.1. The molecule has 0 bridgehead atoms. The summed E-state index contributed by atoms with van der Waals surface area (Å²) < 4.78 is 0. The first-order valence-electron chi connectivity index (χ1n) is 21.1. The molecule has 262 valence electrons. The van der Waals surface area contributed by atoms with Gasteiger partial charge < -0.3 is 0 Å². The summed E-state index contributed by atoms with van der Waals surface area (Å²) >= 11 is 0. The Balaban J connectivity index is 1.43. The Bertz CT molecular complexity index is 1060. The molecule has 0 saturated heterocycles. The van der Waals surface area contributed by atoms with Crippen LogP contribution in [0.4, 0.5) is 0 Å². The summed E-state index contributed by atoms with van der Waals surface area (Å²) in [5, 5.41) is 3.81. The van der Waals surface area contributed by atoms with E-state index in [9.17, 15) is 0 Å². The van der Waals surface area contributed by atoms with Gasteiger partial charge in [0.15, 0.2) is 0 Å². The number of unbranched alkanes of at least 4 members (excludes halogenated alkanes) is 2. The maximum absolute atomic E-state index is 3.06. The van der Waals surface area contributed by atoms with E-state index in [2.05, 4.69) is 61.2 Å². The minimum Gasteiger partial charge on any atom is -0.295 e. The fourth-order valence-corrected chi connectivity index (χ4v) is 18.7. The van der Waals surface area contributed by atoms with Crippen molar-refractivity contribution in [1.29, 1.82) is 0 Å². The molecule has 0 amide bonds. The molecule has 2 atom stereocenters. The zero-order valence-electron chi connectivity index (χ0n) is 30.7. The van der Waals surface area contributed by atoms with Crippen molar-refractivity contribution in [3.05, 3.63) is 53.4 Å². The van der Waals surface area contributed by atoms with Crippen LogP contribution in [0, 0.1) is 5.92 Å². The Morgan fingerprint density at radius 1 is 0.596 bits per heavy atom. The van der Waals surface area contributed by atoms with Gasteiger partial charge in [0, 0.05) is 12.0 Å². The third-order valence-corrected chi connectivity index (χ3v) is 20.2. The highest BCUT2D eigenvalue weighted by molar-refractivity contribution is 7.67. The molecule has 4 saturated carbocycles. The molecule has 6 rings (SSSR count). The lowest BCUT2D eigenvalue weighted by molar-refractivity contribution is 0.169. The van der Waals surface area contributed by atoms with Crippen molar-refractivity contribution >= 4 is 21.1 Å². The molecule has 0 spiro atoms. The van der Waals surface area contributed by atoms with Crippen LogP contribution < -0.4 is 5.30 Å². The number of rotatable bonds is 15. The van der Waals surface area contributed by atoms with Gasteiger partial charge in [-0.1, -0.05) is 162 Å². The van der Waals surface area contributed by atoms with Crippen molar-refractivity contribution in [2.24, 2.45) is 5.92 Å². The molecule has 0 radical (unpaired) electrons. The van der Waals surface area contributed by atoms with Gasteiger partial charge >= 0.3 is 0 Å². The molecule has 0 N–H and O–H groups in total. The van der Waals surface area contributed by atoms with Gasteiger partial charge in [0.1, 0.15) is 0 Å². The van der Waals surface area contributed by atoms with E-state index in [1.807, 2.05) is 10.6 Å². The SMILES string of the molecule is CCCCN(CCCC)[C@H](c1ccccc1P(C1CCCCC1)C1CCCCC1)C1C=CC=C1P(C1CCCCC1)C1CCCCC1. The second kappa shape index (κ2) is 19.2. The van der Waals surface area contributed by atoms with E-state index in [-0.39, 0.29) is 15.8 Å². The minimum atomic E-state index is -0.129. The van der Waals surface area contributed by atoms with Gasteiger partial charge in [-0.15, -0.1) is 0 Å². The van der Waals surface area contributed by atoms with Crippen LogP contribution >= 0.6 is 15.8 Å². The van der Waals surface area contributed by atoms with Crippen LogP contribution in [0.2, 0.25) is 0 Å². The Labute approximate surface area is 294 Å². The van der Waals surface area contributed by atoms with Crippen molar-refractivity contribution in [1.82, 2.24) is 4.90 Å². The predicted molar refractivity (Wildman–Crippen MR) is 212 cm³/mol. The van der Waals surface area contributed by atoms with E-state index in [1.165, 1.54) is 167 Å². The predicted octanol–water partition coefficient (Wildman–Crippen LogP) is 13.6. The van der Waals surface area contributed by atoms with Crippen LogP contribution in [0.3, 0.4) is 0 Å². The van der Waals surface area contributed by atoms with E-state index in [4.69, 9.17) is 0 Å². The largest absolute Gasteiger partial charge is 0.295 e. The van der Waals surface area contributed by atoms with Crippen molar-refractivity contribution in [2.45, 2.75) is 197 Å².